The van der Waals surface area contributed by atoms with Gasteiger partial charge in [0.25, 0.3) is 0 Å². The Kier molecular flexibility index (Phi) is 8.66. The van der Waals surface area contributed by atoms with Gasteiger partial charge >= 0.3 is 0 Å². The van der Waals surface area contributed by atoms with E-state index >= 15 is 0 Å². The first kappa shape index (κ1) is 27.9. The van der Waals surface area contributed by atoms with Gasteiger partial charge in [-0.3, -0.25) is 9.59 Å². The molecular weight excluding hydrogens is 446 g/mol. The van der Waals surface area contributed by atoms with Crippen LogP contribution >= 0.6 is 0 Å². The van der Waals surface area contributed by atoms with Crippen molar-refractivity contribution in [3.05, 3.63) is 71.8 Å². The lowest BCUT2D eigenvalue weighted by Gasteiger charge is -2.26. The molecule has 5 heteroatoms. The van der Waals surface area contributed by atoms with Gasteiger partial charge in [0, 0.05) is 24.5 Å². The van der Waals surface area contributed by atoms with Gasteiger partial charge < -0.3 is 15.5 Å². The third-order valence-corrected chi connectivity index (χ3v) is 8.31. The molecular formula is C31H45N3O2. The lowest BCUT2D eigenvalue weighted by molar-refractivity contribution is -0.134. The van der Waals surface area contributed by atoms with Gasteiger partial charge in [-0.15, -0.1) is 0 Å². The molecule has 2 amide bonds. The van der Waals surface area contributed by atoms with Crippen LogP contribution in [0.3, 0.4) is 0 Å². The maximum absolute atomic E-state index is 12.5. The zero-order chi connectivity index (χ0) is 26.7. The topological polar surface area (TPSA) is 66.6 Å². The predicted octanol–water partition coefficient (Wildman–Crippen LogP) is 5.98. The number of nitrogens with two attached hydrogens (primary N) is 1. The van der Waals surface area contributed by atoms with E-state index in [1.54, 1.807) is 0 Å². The van der Waals surface area contributed by atoms with Crippen LogP contribution < -0.4 is 5.73 Å². The van der Waals surface area contributed by atoms with E-state index in [0.717, 1.165) is 19.4 Å². The highest BCUT2D eigenvalue weighted by Gasteiger charge is 2.47. The molecule has 0 aromatic heterocycles. The molecule has 2 aliphatic heterocycles. The molecule has 5 nitrogen and oxygen atoms in total. The van der Waals surface area contributed by atoms with Crippen LogP contribution in [0.25, 0.3) is 0 Å². The number of carbonyl (C=O) groups is 2. The highest BCUT2D eigenvalue weighted by molar-refractivity contribution is 5.83. The van der Waals surface area contributed by atoms with Gasteiger partial charge in [-0.25, -0.2) is 0 Å². The van der Waals surface area contributed by atoms with Crippen molar-refractivity contribution in [1.29, 1.82) is 0 Å². The van der Waals surface area contributed by atoms with Crippen molar-refractivity contribution in [1.82, 2.24) is 9.80 Å². The molecule has 2 aromatic carbocycles. The Morgan fingerprint density at radius 2 is 1.14 bits per heavy atom. The first-order valence-corrected chi connectivity index (χ1v) is 13.4. The zero-order valence-electron chi connectivity index (χ0n) is 23.2. The molecule has 0 radical (unpaired) electrons. The number of rotatable bonds is 6. The molecule has 0 bridgehead atoms. The minimum Gasteiger partial charge on any atom is -0.335 e. The van der Waals surface area contributed by atoms with E-state index < -0.39 is 5.54 Å². The van der Waals surface area contributed by atoms with Crippen LogP contribution in [0.2, 0.25) is 0 Å². The molecule has 3 unspecified atom stereocenters. The minimum absolute atomic E-state index is 0.0522. The van der Waals surface area contributed by atoms with Crippen molar-refractivity contribution in [2.24, 2.45) is 23.0 Å². The summed E-state index contributed by atoms with van der Waals surface area (Å²) in [5, 5.41) is 0. The average Bonchev–Trinajstić information content (AvgIpc) is 3.25. The molecule has 0 aliphatic carbocycles. The maximum atomic E-state index is 12.5. The third-order valence-electron chi connectivity index (χ3n) is 8.31. The second-order valence-corrected chi connectivity index (χ2v) is 11.5. The number of amides is 2. The van der Waals surface area contributed by atoms with Gasteiger partial charge in [0.2, 0.25) is 11.8 Å². The molecule has 4 rings (SSSR count). The fourth-order valence-corrected chi connectivity index (χ4v) is 6.05. The number of nitrogens with zero attached hydrogens (tertiary/aromatic N) is 2. The second kappa shape index (κ2) is 11.2. The molecule has 5 atom stereocenters. The Morgan fingerprint density at radius 1 is 0.750 bits per heavy atom. The summed E-state index contributed by atoms with van der Waals surface area (Å²) in [6, 6.07) is 20.7. The molecule has 2 saturated heterocycles. The average molecular weight is 492 g/mol. The second-order valence-electron chi connectivity index (χ2n) is 11.5. The van der Waals surface area contributed by atoms with Crippen molar-refractivity contribution in [3.63, 3.8) is 0 Å². The quantitative estimate of drug-likeness (QED) is 0.541. The van der Waals surface area contributed by atoms with E-state index in [1.165, 1.54) is 11.1 Å². The van der Waals surface area contributed by atoms with E-state index in [1.807, 2.05) is 60.0 Å². The number of carbonyl (C=O) groups excluding carboxylic acids is 2. The number of hydrogen-bond donors (Lipinski definition) is 1. The van der Waals surface area contributed by atoms with Crippen molar-refractivity contribution in [2.75, 3.05) is 13.1 Å². The highest BCUT2D eigenvalue weighted by Crippen LogP contribution is 2.41. The Bertz CT molecular complexity index is 935. The Balaban J connectivity index is 0.000000201. The molecule has 196 valence electrons. The molecule has 0 spiro atoms. The van der Waals surface area contributed by atoms with E-state index in [4.69, 9.17) is 5.73 Å². The summed E-state index contributed by atoms with van der Waals surface area (Å²) in [6.45, 7) is 16.2. The summed E-state index contributed by atoms with van der Waals surface area (Å²) < 4.78 is 0. The molecule has 2 fully saturated rings. The normalized spacial score (nSPS) is 27.0. The van der Waals surface area contributed by atoms with Gasteiger partial charge in [-0.05, 0) is 50.2 Å². The number of likely N-dealkylation sites (tertiary alicyclic amines) is 2. The Labute approximate surface area is 218 Å². The molecule has 2 N–H and O–H groups in total. The van der Waals surface area contributed by atoms with Crippen molar-refractivity contribution in [2.45, 2.75) is 78.9 Å². The summed E-state index contributed by atoms with van der Waals surface area (Å²) >= 11 is 0. The van der Waals surface area contributed by atoms with Gasteiger partial charge in [-0.2, -0.15) is 0 Å². The lowest BCUT2D eigenvalue weighted by Crippen LogP contribution is -2.44. The maximum Gasteiger partial charge on any atom is 0.228 e. The number of hydrogen-bond acceptors (Lipinski definition) is 3. The first-order chi connectivity index (χ1) is 16.9. The minimum atomic E-state index is -0.408. The fourth-order valence-electron chi connectivity index (χ4n) is 6.05. The SMILES string of the molecule is CCC1C(=O)N([C@H](C)c2ccccc2)CC1(C)C.CCC1C(=O)N([C@H](C)c2ccccc2)CC1(C)N. The summed E-state index contributed by atoms with van der Waals surface area (Å²) in [7, 11) is 0. The lowest BCUT2D eigenvalue weighted by atomic mass is 9.80. The summed E-state index contributed by atoms with van der Waals surface area (Å²) in [5.74, 6) is 0.630. The summed E-state index contributed by atoms with van der Waals surface area (Å²) in [5.41, 5.74) is 8.34. The van der Waals surface area contributed by atoms with Gasteiger partial charge in [0.05, 0.1) is 18.0 Å². The smallest absolute Gasteiger partial charge is 0.228 e. The Morgan fingerprint density at radius 3 is 1.50 bits per heavy atom. The monoisotopic (exact) mass is 491 g/mol. The van der Waals surface area contributed by atoms with Crippen molar-refractivity contribution in [3.8, 4) is 0 Å². The van der Waals surface area contributed by atoms with Crippen molar-refractivity contribution >= 4 is 11.8 Å². The molecule has 2 aliphatic rings. The fraction of sp³-hybridized carbons (Fsp3) is 0.548. The van der Waals surface area contributed by atoms with Crippen LogP contribution in [0.4, 0.5) is 0 Å². The summed E-state index contributed by atoms with van der Waals surface area (Å²) in [6.07, 6.45) is 1.74. The molecule has 0 saturated carbocycles. The third kappa shape index (κ3) is 5.67. The summed E-state index contributed by atoms with van der Waals surface area (Å²) in [4.78, 5) is 28.9. The van der Waals surface area contributed by atoms with E-state index in [0.29, 0.717) is 12.5 Å². The largest absolute Gasteiger partial charge is 0.335 e. The van der Waals surface area contributed by atoms with Crippen LogP contribution in [0, 0.1) is 17.3 Å². The molecule has 2 aromatic rings. The van der Waals surface area contributed by atoms with E-state index in [2.05, 4.69) is 58.9 Å². The van der Waals surface area contributed by atoms with E-state index in [9.17, 15) is 9.59 Å². The number of benzene rings is 2. The van der Waals surface area contributed by atoms with Crippen LogP contribution in [-0.2, 0) is 9.59 Å². The van der Waals surface area contributed by atoms with Crippen molar-refractivity contribution < 1.29 is 9.59 Å². The van der Waals surface area contributed by atoms with E-state index in [-0.39, 0.29) is 35.2 Å². The van der Waals surface area contributed by atoms with Crippen LogP contribution in [0.1, 0.15) is 84.5 Å². The Hall–Kier alpha value is -2.66. The van der Waals surface area contributed by atoms with Gasteiger partial charge in [-0.1, -0.05) is 88.4 Å². The molecule has 2 heterocycles. The van der Waals surface area contributed by atoms with Gasteiger partial charge in [0.15, 0.2) is 0 Å². The van der Waals surface area contributed by atoms with Crippen LogP contribution in [-0.4, -0.2) is 40.2 Å². The van der Waals surface area contributed by atoms with Gasteiger partial charge in [0.1, 0.15) is 0 Å². The standard InChI is InChI=1S/C16H23NO.C15H22N2O/c1-5-14-15(18)17(11-16(14,3)4)12(2)13-9-7-6-8-10-13;1-4-13-14(18)17(10-15(13,3)16)11(2)12-8-6-5-7-9-12/h6-10,12,14H,5,11H2,1-4H3;5-9,11,13H,4,10,16H2,1-3H3/t12-,14?;11-,13?,15?/m11/s1. The molecule has 36 heavy (non-hydrogen) atoms. The van der Waals surface area contributed by atoms with Crippen LogP contribution in [0.15, 0.2) is 60.7 Å². The zero-order valence-corrected chi connectivity index (χ0v) is 23.2. The highest BCUT2D eigenvalue weighted by atomic mass is 16.2. The van der Waals surface area contributed by atoms with Crippen LogP contribution in [0.5, 0.6) is 0 Å². The predicted molar refractivity (Wildman–Crippen MR) is 147 cm³/mol. The first-order valence-electron chi connectivity index (χ1n) is 13.4.